The first-order valence-corrected chi connectivity index (χ1v) is 8.77. The molecule has 0 radical (unpaired) electrons. The molecular formula is C16H28N6O7. The predicted molar refractivity (Wildman–Crippen MR) is 99.6 cm³/mol. The molecular weight excluding hydrogens is 388 g/mol. The molecule has 0 heterocycles. The summed E-state index contributed by atoms with van der Waals surface area (Å²) < 4.78 is 0. The summed E-state index contributed by atoms with van der Waals surface area (Å²) in [6.45, 7) is 2.77. The van der Waals surface area contributed by atoms with Crippen LogP contribution in [0.25, 0.3) is 0 Å². The van der Waals surface area contributed by atoms with Crippen LogP contribution in [0.4, 0.5) is 0 Å². The van der Waals surface area contributed by atoms with Crippen molar-refractivity contribution in [3.05, 3.63) is 0 Å². The van der Waals surface area contributed by atoms with E-state index in [1.165, 1.54) is 0 Å². The van der Waals surface area contributed by atoms with Gasteiger partial charge in [0.05, 0.1) is 19.0 Å². The fourth-order valence-corrected chi connectivity index (χ4v) is 2.06. The van der Waals surface area contributed by atoms with Gasteiger partial charge in [0.1, 0.15) is 12.1 Å². The second-order valence-corrected chi connectivity index (χ2v) is 6.68. The van der Waals surface area contributed by atoms with Crippen molar-refractivity contribution in [3.63, 3.8) is 0 Å². The molecule has 0 aromatic rings. The number of nitrogens with two attached hydrogens (primary N) is 3. The first-order chi connectivity index (χ1) is 13.3. The highest BCUT2D eigenvalue weighted by molar-refractivity contribution is 5.93. The number of hydrogen-bond donors (Lipinski definition) is 7. The molecule has 0 aliphatic carbocycles. The number of nitrogens with one attached hydrogen (secondary N) is 3. The Morgan fingerprint density at radius 1 is 0.897 bits per heavy atom. The summed E-state index contributed by atoms with van der Waals surface area (Å²) in [6.07, 6.45) is -0.959. The number of carboxylic acids is 1. The third-order valence-electron chi connectivity index (χ3n) is 3.80. The molecule has 3 unspecified atom stereocenters. The van der Waals surface area contributed by atoms with E-state index in [0.29, 0.717) is 0 Å². The average Bonchev–Trinajstić information content (AvgIpc) is 2.60. The van der Waals surface area contributed by atoms with Crippen LogP contribution in [0.5, 0.6) is 0 Å². The molecule has 13 nitrogen and oxygen atoms in total. The van der Waals surface area contributed by atoms with Crippen LogP contribution in [-0.2, 0) is 28.8 Å². The van der Waals surface area contributed by atoms with Crippen LogP contribution < -0.4 is 33.2 Å². The molecule has 0 aliphatic heterocycles. The fourth-order valence-electron chi connectivity index (χ4n) is 2.06. The van der Waals surface area contributed by atoms with Gasteiger partial charge in [0.2, 0.25) is 29.5 Å². The summed E-state index contributed by atoms with van der Waals surface area (Å²) >= 11 is 0. The minimum atomic E-state index is -1.55. The van der Waals surface area contributed by atoms with E-state index in [4.69, 9.17) is 22.3 Å². The smallest absolute Gasteiger partial charge is 0.326 e. The largest absolute Gasteiger partial charge is 0.480 e. The molecule has 0 saturated heterocycles. The normalized spacial score (nSPS) is 13.7. The van der Waals surface area contributed by atoms with Crippen molar-refractivity contribution in [2.75, 3.05) is 6.54 Å². The second-order valence-electron chi connectivity index (χ2n) is 6.68. The molecule has 0 rings (SSSR count). The lowest BCUT2D eigenvalue weighted by molar-refractivity contribution is -0.143. The van der Waals surface area contributed by atoms with Crippen LogP contribution in [0, 0.1) is 5.92 Å². The Bertz CT molecular complexity index is 652. The van der Waals surface area contributed by atoms with Gasteiger partial charge < -0.3 is 38.3 Å². The van der Waals surface area contributed by atoms with Crippen LogP contribution in [0.15, 0.2) is 0 Å². The molecule has 5 amide bonds. The van der Waals surface area contributed by atoms with E-state index >= 15 is 0 Å². The zero-order chi connectivity index (χ0) is 22.7. The van der Waals surface area contributed by atoms with E-state index in [9.17, 15) is 28.8 Å². The highest BCUT2D eigenvalue weighted by Crippen LogP contribution is 2.02. The van der Waals surface area contributed by atoms with Crippen molar-refractivity contribution in [1.29, 1.82) is 0 Å². The lowest BCUT2D eigenvalue weighted by Crippen LogP contribution is -2.54. The quantitative estimate of drug-likeness (QED) is 0.157. The van der Waals surface area contributed by atoms with E-state index in [1.54, 1.807) is 13.8 Å². The number of rotatable bonds is 13. The van der Waals surface area contributed by atoms with Gasteiger partial charge in [-0.05, 0) is 12.3 Å². The van der Waals surface area contributed by atoms with Gasteiger partial charge in [0.25, 0.3) is 0 Å². The molecule has 13 heteroatoms. The van der Waals surface area contributed by atoms with E-state index in [2.05, 4.69) is 10.6 Å². The molecule has 10 N–H and O–H groups in total. The minimum absolute atomic E-state index is 0.126. The molecule has 0 spiro atoms. The Kier molecular flexibility index (Phi) is 10.9. The minimum Gasteiger partial charge on any atom is -0.480 e. The van der Waals surface area contributed by atoms with Crippen LogP contribution in [0.2, 0.25) is 0 Å². The van der Waals surface area contributed by atoms with Gasteiger partial charge in [-0.1, -0.05) is 13.8 Å². The first-order valence-electron chi connectivity index (χ1n) is 8.77. The van der Waals surface area contributed by atoms with Crippen LogP contribution in [0.1, 0.15) is 33.1 Å². The van der Waals surface area contributed by atoms with Crippen molar-refractivity contribution in [2.45, 2.75) is 51.2 Å². The van der Waals surface area contributed by atoms with Crippen LogP contribution in [-0.4, -0.2) is 65.3 Å². The van der Waals surface area contributed by atoms with Gasteiger partial charge in [0.15, 0.2) is 0 Å². The van der Waals surface area contributed by atoms with E-state index in [1.807, 2.05) is 5.32 Å². The third-order valence-corrected chi connectivity index (χ3v) is 3.80. The zero-order valence-corrected chi connectivity index (χ0v) is 16.3. The first kappa shape index (κ1) is 25.8. The average molecular weight is 416 g/mol. The zero-order valence-electron chi connectivity index (χ0n) is 16.3. The molecule has 0 fully saturated rings. The summed E-state index contributed by atoms with van der Waals surface area (Å²) in [5, 5.41) is 15.6. The van der Waals surface area contributed by atoms with Crippen molar-refractivity contribution in [2.24, 2.45) is 23.1 Å². The van der Waals surface area contributed by atoms with E-state index < -0.39 is 66.6 Å². The monoisotopic (exact) mass is 416 g/mol. The number of carbonyl (C=O) groups is 6. The number of aliphatic carboxylic acids is 1. The number of carboxylic acid groups (broad SMARTS) is 1. The van der Waals surface area contributed by atoms with Crippen LogP contribution in [0.3, 0.4) is 0 Å². The van der Waals surface area contributed by atoms with Gasteiger partial charge in [-0.25, -0.2) is 4.79 Å². The van der Waals surface area contributed by atoms with Crippen molar-refractivity contribution >= 4 is 35.5 Å². The summed E-state index contributed by atoms with van der Waals surface area (Å²) in [7, 11) is 0. The van der Waals surface area contributed by atoms with Crippen LogP contribution >= 0.6 is 0 Å². The Morgan fingerprint density at radius 2 is 1.48 bits per heavy atom. The molecule has 0 aromatic carbocycles. The molecule has 29 heavy (non-hydrogen) atoms. The van der Waals surface area contributed by atoms with Crippen molar-refractivity contribution in [1.82, 2.24) is 16.0 Å². The molecule has 164 valence electrons. The molecule has 0 aromatic heterocycles. The Labute approximate surface area is 167 Å². The number of amides is 5. The summed E-state index contributed by atoms with van der Waals surface area (Å²) in [4.78, 5) is 69.0. The topological polar surface area (TPSA) is 237 Å². The molecule has 0 bridgehead atoms. The highest BCUT2D eigenvalue weighted by atomic mass is 16.4. The Balaban J connectivity index is 4.91. The lowest BCUT2D eigenvalue weighted by atomic mass is 10.0. The summed E-state index contributed by atoms with van der Waals surface area (Å²) in [6, 6.07) is -3.63. The second kappa shape index (κ2) is 12.3. The van der Waals surface area contributed by atoms with E-state index in [0.717, 1.165) is 0 Å². The van der Waals surface area contributed by atoms with Gasteiger partial charge in [0, 0.05) is 6.42 Å². The van der Waals surface area contributed by atoms with E-state index in [-0.39, 0.29) is 18.8 Å². The van der Waals surface area contributed by atoms with Gasteiger partial charge in [-0.3, -0.25) is 24.0 Å². The Hall–Kier alpha value is -3.22. The third kappa shape index (κ3) is 10.6. The van der Waals surface area contributed by atoms with Crippen molar-refractivity contribution < 1.29 is 33.9 Å². The highest BCUT2D eigenvalue weighted by Gasteiger charge is 2.27. The fraction of sp³-hybridized carbons (Fsp3) is 0.625. The predicted octanol–water partition coefficient (Wildman–Crippen LogP) is -3.72. The maximum absolute atomic E-state index is 12.3. The maximum Gasteiger partial charge on any atom is 0.326 e. The summed E-state index contributed by atoms with van der Waals surface area (Å²) in [5.74, 6) is -5.63. The van der Waals surface area contributed by atoms with Crippen molar-refractivity contribution in [3.8, 4) is 0 Å². The van der Waals surface area contributed by atoms with Gasteiger partial charge in [-0.2, -0.15) is 0 Å². The standard InChI is InChI=1S/C16H28N6O7/c1-7(2)13(19)15(27)22-8(3-4-10(17)23)14(26)20-6-12(25)21-9(16(28)29)5-11(18)24/h7-9,13H,3-6,19H2,1-2H3,(H2,17,23)(H2,18,24)(H,20,26)(H,21,25)(H,22,27)(H,28,29). The number of carbonyl (C=O) groups excluding carboxylic acids is 5. The number of hydrogen-bond acceptors (Lipinski definition) is 7. The molecule has 3 atom stereocenters. The van der Waals surface area contributed by atoms with Gasteiger partial charge in [-0.15, -0.1) is 0 Å². The number of primary amides is 2. The Morgan fingerprint density at radius 3 is 1.93 bits per heavy atom. The SMILES string of the molecule is CC(C)C(N)C(=O)NC(CCC(N)=O)C(=O)NCC(=O)NC(CC(N)=O)C(=O)O. The molecule has 0 saturated carbocycles. The lowest BCUT2D eigenvalue weighted by Gasteiger charge is -2.22. The molecule has 0 aliphatic rings. The van der Waals surface area contributed by atoms with Gasteiger partial charge >= 0.3 is 5.97 Å². The maximum atomic E-state index is 12.3. The summed E-state index contributed by atoms with van der Waals surface area (Å²) in [5.41, 5.74) is 15.7.